The highest BCUT2D eigenvalue weighted by molar-refractivity contribution is 6.03. The maximum Gasteiger partial charge on any atom is 0.234 e. The van der Waals surface area contributed by atoms with Crippen LogP contribution in [0.15, 0.2) is 108 Å². The average Bonchev–Trinajstić information content (AvgIpc) is 3.49. The number of hydrogen-bond acceptors (Lipinski definition) is 12. The number of benzene rings is 1. The number of pyridine rings is 2. The van der Waals surface area contributed by atoms with E-state index in [1.807, 2.05) is 37.3 Å². The minimum Gasteiger partial charge on any atom is -0.790 e. The number of nitrogens with zero attached hydrogens (tertiary/aromatic N) is 8. The van der Waals surface area contributed by atoms with Crippen molar-refractivity contribution in [3.63, 3.8) is 0 Å². The predicted molar refractivity (Wildman–Crippen MR) is 184 cm³/mol. The molecule has 3 aromatic heterocycles. The number of fused-ring (bicyclic) bond motifs is 1. The number of hydroxylamine groups is 2. The molecule has 13 nitrogen and oxygen atoms in total. The van der Waals surface area contributed by atoms with Gasteiger partial charge in [0.05, 0.1) is 28.8 Å². The van der Waals surface area contributed by atoms with Gasteiger partial charge in [-0.15, -0.1) is 0 Å². The van der Waals surface area contributed by atoms with Crippen molar-refractivity contribution in [1.82, 2.24) is 25.0 Å². The van der Waals surface area contributed by atoms with Gasteiger partial charge in [-0.3, -0.25) is 9.88 Å². The number of anilines is 4. The third-order valence-corrected chi connectivity index (χ3v) is 7.46. The number of rotatable bonds is 13. The van der Waals surface area contributed by atoms with E-state index in [1.54, 1.807) is 41.3 Å². The first-order valence-corrected chi connectivity index (χ1v) is 15.0. The van der Waals surface area contributed by atoms with Crippen LogP contribution in [0.2, 0.25) is 0 Å². The van der Waals surface area contributed by atoms with Crippen LogP contribution in [0.1, 0.15) is 31.2 Å². The van der Waals surface area contributed by atoms with Crippen molar-refractivity contribution < 1.29 is 4.39 Å². The van der Waals surface area contributed by atoms with Gasteiger partial charge in [0.25, 0.3) is 0 Å². The standard InChI is InChI=1S/C34H33FN11O2/c1-3-5-6-26(32(37)44-47)33-42-29-14-13-28(27-12-9-23(35)20-39-27)41-34(29)46(33)25-10-7-22(8-11-25)21-45(48)18-16-24(4-2)40-30-15-17-38-31(19-36)43-30/h3,5-15,17,20,24,42,47H,1,4,16,18,21H2,2H3,(H2,37,44)(H,38,40,43)/q-1/p-1/b6-5-,33-26+. The van der Waals surface area contributed by atoms with E-state index in [0.717, 1.165) is 23.2 Å². The van der Waals surface area contributed by atoms with Crippen molar-refractivity contribution in [1.29, 1.82) is 5.26 Å². The number of aromatic nitrogens is 4. The van der Waals surface area contributed by atoms with Crippen LogP contribution in [0.25, 0.3) is 11.4 Å². The molecule has 4 heterocycles. The van der Waals surface area contributed by atoms with E-state index in [-0.39, 0.29) is 30.8 Å². The summed E-state index contributed by atoms with van der Waals surface area (Å²) in [5.74, 6) is 0.812. The highest BCUT2D eigenvalue weighted by Gasteiger charge is 2.30. The first-order chi connectivity index (χ1) is 23.3. The summed E-state index contributed by atoms with van der Waals surface area (Å²) < 4.78 is 13.6. The monoisotopic (exact) mass is 645 g/mol. The molecule has 244 valence electrons. The third kappa shape index (κ3) is 7.79. The van der Waals surface area contributed by atoms with Gasteiger partial charge in [0.1, 0.15) is 29.4 Å². The molecule has 0 spiro atoms. The van der Waals surface area contributed by atoms with Gasteiger partial charge in [0, 0.05) is 24.5 Å². The van der Waals surface area contributed by atoms with Gasteiger partial charge in [0.15, 0.2) is 5.82 Å². The Kier molecular flexibility index (Phi) is 10.7. The van der Waals surface area contributed by atoms with E-state index in [4.69, 9.17) is 16.0 Å². The van der Waals surface area contributed by atoms with E-state index >= 15 is 0 Å². The molecule has 0 saturated heterocycles. The van der Waals surface area contributed by atoms with Gasteiger partial charge in [-0.05, 0) is 73.5 Å². The number of nitrogens with two attached hydrogens (primary N) is 1. The smallest absolute Gasteiger partial charge is 0.234 e. The number of amidine groups is 1. The summed E-state index contributed by atoms with van der Waals surface area (Å²) in [4.78, 5) is 18.8. The number of nitrogens with one attached hydrogen (secondary N) is 2. The summed E-state index contributed by atoms with van der Waals surface area (Å²) in [5.41, 5.74) is 9.39. The minimum absolute atomic E-state index is 0.0184. The highest BCUT2D eigenvalue weighted by Crippen LogP contribution is 2.42. The Morgan fingerprint density at radius 1 is 1.17 bits per heavy atom. The fraction of sp³-hybridized carbons (Fsp3) is 0.176. The molecule has 0 amide bonds. The van der Waals surface area contributed by atoms with Crippen molar-refractivity contribution in [3.05, 3.63) is 131 Å². The fourth-order valence-corrected chi connectivity index (χ4v) is 5.03. The lowest BCUT2D eigenvalue weighted by atomic mass is 10.1. The van der Waals surface area contributed by atoms with Crippen molar-refractivity contribution in [2.45, 2.75) is 32.4 Å². The molecule has 48 heavy (non-hydrogen) atoms. The molecule has 4 aromatic rings. The summed E-state index contributed by atoms with van der Waals surface area (Å²) in [5, 5.41) is 44.0. The van der Waals surface area contributed by atoms with Gasteiger partial charge in [-0.1, -0.05) is 37.8 Å². The van der Waals surface area contributed by atoms with Gasteiger partial charge in [0.2, 0.25) is 5.82 Å². The molecule has 0 saturated carbocycles. The number of allylic oxidation sites excluding steroid dienone is 2. The Balaban J connectivity index is 1.38. The van der Waals surface area contributed by atoms with Crippen molar-refractivity contribution in [3.8, 4) is 17.5 Å². The van der Waals surface area contributed by atoms with Crippen LogP contribution >= 0.6 is 0 Å². The maximum absolute atomic E-state index is 13.6. The Morgan fingerprint density at radius 2 is 1.96 bits per heavy atom. The molecule has 0 fully saturated rings. The fourth-order valence-electron chi connectivity index (χ4n) is 5.03. The summed E-state index contributed by atoms with van der Waals surface area (Å²) in [7, 11) is 0. The molecular weight excluding hydrogens is 613 g/mol. The summed E-state index contributed by atoms with van der Waals surface area (Å²) >= 11 is 0. The molecule has 14 heteroatoms. The molecule has 0 aliphatic carbocycles. The zero-order valence-corrected chi connectivity index (χ0v) is 26.0. The number of halogens is 1. The van der Waals surface area contributed by atoms with Gasteiger partial charge in [-0.25, -0.2) is 19.3 Å². The molecule has 1 aromatic carbocycles. The van der Waals surface area contributed by atoms with Gasteiger partial charge in [-0.2, -0.15) is 5.26 Å². The van der Waals surface area contributed by atoms with E-state index in [1.165, 1.54) is 18.3 Å². The number of hydrogen-bond donors (Lipinski definition) is 3. The average molecular weight is 646 g/mol. The topological polar surface area (TPSA) is 190 Å². The lowest BCUT2D eigenvalue weighted by Gasteiger charge is -2.30. The van der Waals surface area contributed by atoms with Crippen molar-refractivity contribution >= 4 is 28.8 Å². The number of nitriles is 1. The normalized spacial score (nSPS) is 14.4. The second-order valence-corrected chi connectivity index (χ2v) is 10.7. The summed E-state index contributed by atoms with van der Waals surface area (Å²) in [6.07, 6.45) is 8.75. The molecule has 4 N–H and O–H groups in total. The second kappa shape index (κ2) is 15.4. The Bertz CT molecular complexity index is 1890. The van der Waals surface area contributed by atoms with Crippen molar-refractivity contribution in [2.75, 3.05) is 22.1 Å². The lowest BCUT2D eigenvalue weighted by molar-refractivity contribution is 0.352. The molecular formula is C34H32FN11O2-2. The highest BCUT2D eigenvalue weighted by atomic mass is 19.1. The first-order valence-electron chi connectivity index (χ1n) is 15.0. The first kappa shape index (κ1) is 33.2. The second-order valence-electron chi connectivity index (χ2n) is 10.7. The van der Waals surface area contributed by atoms with E-state index in [0.29, 0.717) is 52.2 Å². The van der Waals surface area contributed by atoms with Crippen LogP contribution in [-0.2, 0) is 6.54 Å². The maximum atomic E-state index is 13.6. The largest absolute Gasteiger partial charge is 0.790 e. The minimum atomic E-state index is -0.463. The molecule has 5 rings (SSSR count). The molecule has 1 atom stereocenters. The van der Waals surface area contributed by atoms with Crippen LogP contribution in [0.5, 0.6) is 0 Å². The Morgan fingerprint density at radius 3 is 2.65 bits per heavy atom. The van der Waals surface area contributed by atoms with Crippen LogP contribution in [-0.4, -0.2) is 43.4 Å². The third-order valence-electron chi connectivity index (χ3n) is 7.46. The van der Waals surface area contributed by atoms with Crippen LogP contribution in [0, 0.1) is 27.6 Å². The van der Waals surface area contributed by atoms with Crippen LogP contribution in [0.3, 0.4) is 0 Å². The molecule has 0 bridgehead atoms. The Labute approximate surface area is 276 Å². The lowest BCUT2D eigenvalue weighted by Crippen LogP contribution is -2.26. The zero-order chi connectivity index (χ0) is 34.0. The molecule has 1 aliphatic heterocycles. The molecule has 1 unspecified atom stereocenters. The van der Waals surface area contributed by atoms with E-state index < -0.39 is 5.82 Å². The summed E-state index contributed by atoms with van der Waals surface area (Å²) in [6, 6.07) is 17.3. The molecule has 1 aliphatic rings. The van der Waals surface area contributed by atoms with Gasteiger partial charge < -0.3 is 37.0 Å². The predicted octanol–water partition coefficient (Wildman–Crippen LogP) is 5.90. The summed E-state index contributed by atoms with van der Waals surface area (Å²) in [6.45, 7) is 6.14. The Hall–Kier alpha value is -6.17. The molecule has 0 radical (unpaired) electrons. The zero-order valence-electron chi connectivity index (χ0n) is 26.0. The van der Waals surface area contributed by atoms with Crippen molar-refractivity contribution in [2.24, 2.45) is 10.9 Å². The van der Waals surface area contributed by atoms with E-state index in [2.05, 4.69) is 37.3 Å². The van der Waals surface area contributed by atoms with Crippen LogP contribution in [0.4, 0.5) is 27.4 Å². The van der Waals surface area contributed by atoms with E-state index in [9.17, 15) is 14.8 Å². The van der Waals surface area contributed by atoms with Gasteiger partial charge >= 0.3 is 0 Å². The SMILES string of the molecule is C=C/C=C\C(C(N)=N[O-])=C1\Nc2ccc(-c3ccc(F)cn3)nc2N1c1ccc(CN([O-])CCC(CC)Nc2ccnc(C#N)n2)cc1. The van der Waals surface area contributed by atoms with Crippen LogP contribution < -0.4 is 21.3 Å². The quantitative estimate of drug-likeness (QED) is 0.0676.